The summed E-state index contributed by atoms with van der Waals surface area (Å²) in [5.41, 5.74) is 3.79. The molecule has 21 heavy (non-hydrogen) atoms. The maximum absolute atomic E-state index is 11.6. The fourth-order valence-electron chi connectivity index (χ4n) is 3.15. The molecular formula is C15H20N4OS. The van der Waals surface area contributed by atoms with Crippen molar-refractivity contribution >= 4 is 22.2 Å². The average Bonchev–Trinajstić information content (AvgIpc) is 3.03. The second-order valence-electron chi connectivity index (χ2n) is 6.25. The summed E-state index contributed by atoms with van der Waals surface area (Å²) in [6.07, 6.45) is 3.21. The van der Waals surface area contributed by atoms with Crippen LogP contribution in [-0.4, -0.2) is 39.8 Å². The molecule has 2 fully saturated rings. The maximum Gasteiger partial charge on any atom is 0.224 e. The number of nitrogens with zero attached hydrogens (tertiary/aromatic N) is 3. The Kier molecular flexibility index (Phi) is 3.04. The van der Waals surface area contributed by atoms with Gasteiger partial charge in [0.2, 0.25) is 5.91 Å². The Morgan fingerprint density at radius 1 is 1.48 bits per heavy atom. The standard InChI is InChI=1S/C15H20N4OS/c1-9-12(6-16-11-5-14(20)18(2)7-11)19-13(10-3-4-10)8-21-15(19)17-9/h8,10-11,16H,3-7H2,1-2H3. The SMILES string of the molecule is Cc1nc2scc(C3CC3)n2c1CNC1CC(=O)N(C)C1. The lowest BCUT2D eigenvalue weighted by molar-refractivity contribution is -0.126. The van der Waals surface area contributed by atoms with Crippen LogP contribution < -0.4 is 5.32 Å². The van der Waals surface area contributed by atoms with E-state index in [0.717, 1.165) is 29.7 Å². The Hall–Kier alpha value is -1.40. The van der Waals surface area contributed by atoms with Crippen LogP contribution in [0.25, 0.3) is 4.96 Å². The summed E-state index contributed by atoms with van der Waals surface area (Å²) in [4.78, 5) is 19.2. The van der Waals surface area contributed by atoms with Gasteiger partial charge in [-0.3, -0.25) is 9.20 Å². The van der Waals surface area contributed by atoms with Gasteiger partial charge in [-0.25, -0.2) is 4.98 Å². The molecule has 4 rings (SSSR count). The molecule has 6 heteroatoms. The number of likely N-dealkylation sites (N-methyl/N-ethyl adjacent to an activating group) is 1. The number of hydrogen-bond donors (Lipinski definition) is 1. The van der Waals surface area contributed by atoms with Gasteiger partial charge in [0.05, 0.1) is 11.4 Å². The predicted octanol–water partition coefficient (Wildman–Crippen LogP) is 1.90. The highest BCUT2D eigenvalue weighted by molar-refractivity contribution is 7.15. The number of carbonyl (C=O) groups is 1. The van der Waals surface area contributed by atoms with Crippen LogP contribution in [-0.2, 0) is 11.3 Å². The van der Waals surface area contributed by atoms with Gasteiger partial charge in [0.15, 0.2) is 4.96 Å². The number of rotatable bonds is 4. The molecule has 0 spiro atoms. The summed E-state index contributed by atoms with van der Waals surface area (Å²) in [7, 11) is 1.87. The Labute approximate surface area is 128 Å². The van der Waals surface area contributed by atoms with Gasteiger partial charge in [-0.15, -0.1) is 11.3 Å². The number of carbonyl (C=O) groups excluding carboxylic acids is 1. The fraction of sp³-hybridized carbons (Fsp3) is 0.600. The highest BCUT2D eigenvalue weighted by Crippen LogP contribution is 2.42. The molecule has 1 saturated carbocycles. The van der Waals surface area contributed by atoms with Gasteiger partial charge >= 0.3 is 0 Å². The maximum atomic E-state index is 11.6. The summed E-state index contributed by atoms with van der Waals surface area (Å²) in [6.45, 7) is 3.67. The molecule has 0 bridgehead atoms. The summed E-state index contributed by atoms with van der Waals surface area (Å²) in [5, 5.41) is 5.80. The van der Waals surface area contributed by atoms with Crippen LogP contribution in [0.5, 0.6) is 0 Å². The van der Waals surface area contributed by atoms with Crippen molar-refractivity contribution in [1.82, 2.24) is 19.6 Å². The zero-order valence-corrected chi connectivity index (χ0v) is 13.2. The Morgan fingerprint density at radius 2 is 2.29 bits per heavy atom. The second kappa shape index (κ2) is 4.81. The Morgan fingerprint density at radius 3 is 2.95 bits per heavy atom. The Balaban J connectivity index is 1.57. The number of likely N-dealkylation sites (tertiary alicyclic amines) is 1. The van der Waals surface area contributed by atoms with Gasteiger partial charge in [0.25, 0.3) is 0 Å². The molecule has 1 saturated heterocycles. The second-order valence-corrected chi connectivity index (χ2v) is 7.09. The molecule has 0 radical (unpaired) electrons. The van der Waals surface area contributed by atoms with Crippen molar-refractivity contribution in [2.45, 2.75) is 44.7 Å². The molecule has 2 aliphatic rings. The van der Waals surface area contributed by atoms with Crippen LogP contribution in [0.4, 0.5) is 0 Å². The Bertz CT molecular complexity index is 700. The zero-order valence-electron chi connectivity index (χ0n) is 12.4. The van der Waals surface area contributed by atoms with Gasteiger partial charge in [0, 0.05) is 49.6 Å². The van der Waals surface area contributed by atoms with E-state index < -0.39 is 0 Å². The third-order valence-corrected chi connectivity index (χ3v) is 5.42. The van der Waals surface area contributed by atoms with Crippen molar-refractivity contribution in [3.63, 3.8) is 0 Å². The lowest BCUT2D eigenvalue weighted by Crippen LogP contribution is -2.31. The number of amides is 1. The van der Waals surface area contributed by atoms with Crippen molar-refractivity contribution in [1.29, 1.82) is 0 Å². The number of fused-ring (bicyclic) bond motifs is 1. The lowest BCUT2D eigenvalue weighted by atomic mass is 10.2. The van der Waals surface area contributed by atoms with E-state index in [1.807, 2.05) is 7.05 Å². The van der Waals surface area contributed by atoms with E-state index in [0.29, 0.717) is 6.42 Å². The quantitative estimate of drug-likeness (QED) is 0.938. The third-order valence-electron chi connectivity index (χ3n) is 4.58. The van der Waals surface area contributed by atoms with Gasteiger partial charge in [-0.1, -0.05) is 0 Å². The number of aryl methyl sites for hydroxylation is 1. The minimum Gasteiger partial charge on any atom is -0.344 e. The molecule has 1 N–H and O–H groups in total. The van der Waals surface area contributed by atoms with Crippen molar-refractivity contribution < 1.29 is 4.79 Å². The molecule has 1 unspecified atom stereocenters. The first-order valence-corrected chi connectivity index (χ1v) is 8.44. The van der Waals surface area contributed by atoms with Crippen LogP contribution in [0.2, 0.25) is 0 Å². The summed E-state index contributed by atoms with van der Waals surface area (Å²) < 4.78 is 2.34. The van der Waals surface area contributed by atoms with E-state index in [4.69, 9.17) is 0 Å². The van der Waals surface area contributed by atoms with Crippen LogP contribution in [0.15, 0.2) is 5.38 Å². The number of aromatic nitrogens is 2. The van der Waals surface area contributed by atoms with Crippen LogP contribution >= 0.6 is 11.3 Å². The van der Waals surface area contributed by atoms with Gasteiger partial charge in [0.1, 0.15) is 0 Å². The van der Waals surface area contributed by atoms with Crippen molar-refractivity contribution in [3.8, 4) is 0 Å². The number of nitrogens with one attached hydrogen (secondary N) is 1. The molecule has 112 valence electrons. The summed E-state index contributed by atoms with van der Waals surface area (Å²) >= 11 is 1.74. The molecule has 1 amide bonds. The summed E-state index contributed by atoms with van der Waals surface area (Å²) in [5.74, 6) is 0.960. The molecular weight excluding hydrogens is 284 g/mol. The predicted molar refractivity (Wildman–Crippen MR) is 82.7 cm³/mol. The third kappa shape index (κ3) is 2.26. The van der Waals surface area contributed by atoms with Crippen molar-refractivity contribution in [2.24, 2.45) is 0 Å². The summed E-state index contributed by atoms with van der Waals surface area (Å²) in [6, 6.07) is 0.260. The van der Waals surface area contributed by atoms with E-state index in [1.54, 1.807) is 16.2 Å². The van der Waals surface area contributed by atoms with E-state index in [-0.39, 0.29) is 11.9 Å². The number of imidazole rings is 1. The molecule has 3 heterocycles. The molecule has 5 nitrogen and oxygen atoms in total. The van der Waals surface area contributed by atoms with Gasteiger partial charge in [-0.05, 0) is 19.8 Å². The van der Waals surface area contributed by atoms with Gasteiger partial charge in [-0.2, -0.15) is 0 Å². The highest BCUT2D eigenvalue weighted by Gasteiger charge is 2.30. The molecule has 2 aromatic rings. The number of thiazole rings is 1. The normalized spacial score (nSPS) is 22.7. The first-order chi connectivity index (χ1) is 10.1. The smallest absolute Gasteiger partial charge is 0.224 e. The van der Waals surface area contributed by atoms with Crippen LogP contribution in [0.3, 0.4) is 0 Å². The van der Waals surface area contributed by atoms with Crippen LogP contribution in [0, 0.1) is 6.92 Å². The van der Waals surface area contributed by atoms with Crippen molar-refractivity contribution in [2.75, 3.05) is 13.6 Å². The van der Waals surface area contributed by atoms with E-state index in [1.165, 1.54) is 24.2 Å². The minimum atomic E-state index is 0.233. The van der Waals surface area contributed by atoms with Gasteiger partial charge < -0.3 is 10.2 Å². The zero-order chi connectivity index (χ0) is 14.6. The van der Waals surface area contributed by atoms with E-state index in [2.05, 4.69) is 27.0 Å². The molecule has 2 aromatic heterocycles. The fourth-order valence-corrected chi connectivity index (χ4v) is 4.19. The molecule has 1 aliphatic heterocycles. The lowest BCUT2D eigenvalue weighted by Gasteiger charge is -2.13. The largest absolute Gasteiger partial charge is 0.344 e. The first kappa shape index (κ1) is 13.3. The minimum absolute atomic E-state index is 0.233. The molecule has 1 aliphatic carbocycles. The van der Waals surface area contributed by atoms with Crippen molar-refractivity contribution in [3.05, 3.63) is 22.5 Å². The molecule has 1 atom stereocenters. The topological polar surface area (TPSA) is 49.6 Å². The van der Waals surface area contributed by atoms with E-state index in [9.17, 15) is 4.79 Å². The average molecular weight is 304 g/mol. The van der Waals surface area contributed by atoms with Crippen LogP contribution in [0.1, 0.15) is 42.3 Å². The number of hydrogen-bond acceptors (Lipinski definition) is 4. The molecule has 0 aromatic carbocycles. The highest BCUT2D eigenvalue weighted by atomic mass is 32.1. The van der Waals surface area contributed by atoms with E-state index >= 15 is 0 Å². The monoisotopic (exact) mass is 304 g/mol. The first-order valence-electron chi connectivity index (χ1n) is 7.56.